The number of halogens is 2. The zero-order valence-electron chi connectivity index (χ0n) is 9.94. The van der Waals surface area contributed by atoms with Crippen LogP contribution in [0.1, 0.15) is 18.9 Å². The first-order valence-corrected chi connectivity index (χ1v) is 6.95. The fourth-order valence-corrected chi connectivity index (χ4v) is 2.07. The summed E-state index contributed by atoms with van der Waals surface area (Å²) in [6.07, 6.45) is 6.17. The molecule has 0 spiro atoms. The zero-order valence-corrected chi connectivity index (χ0v) is 12.3. The van der Waals surface area contributed by atoms with Crippen molar-refractivity contribution in [2.45, 2.75) is 19.2 Å². The lowest BCUT2D eigenvalue weighted by Gasteiger charge is -2.06. The molecule has 0 radical (unpaired) electrons. The second-order valence-corrected chi connectivity index (χ2v) is 4.92. The molecule has 6 heteroatoms. The Bertz CT molecular complexity index is 530. The van der Waals surface area contributed by atoms with Gasteiger partial charge in [-0.05, 0) is 28.4 Å². The lowest BCUT2D eigenvalue weighted by Crippen LogP contribution is -2.02. The van der Waals surface area contributed by atoms with Gasteiger partial charge in [-0.1, -0.05) is 6.92 Å². The molecule has 0 atom stereocenters. The molecular weight excluding hydrogens is 318 g/mol. The highest BCUT2D eigenvalue weighted by Crippen LogP contribution is 2.20. The first kappa shape index (κ1) is 13.4. The van der Waals surface area contributed by atoms with Gasteiger partial charge in [0.05, 0.1) is 24.9 Å². The SMILES string of the molecule is CCCOc1cnn(-c2ncc(Br)cc2CCl)c1. The molecule has 0 bridgehead atoms. The minimum Gasteiger partial charge on any atom is -0.490 e. The van der Waals surface area contributed by atoms with Crippen LogP contribution in [0, 0.1) is 0 Å². The third-order valence-corrected chi connectivity index (χ3v) is 3.02. The van der Waals surface area contributed by atoms with Gasteiger partial charge in [-0.25, -0.2) is 9.67 Å². The van der Waals surface area contributed by atoms with Crippen molar-refractivity contribution < 1.29 is 4.74 Å². The normalized spacial score (nSPS) is 10.6. The Morgan fingerprint density at radius 2 is 2.28 bits per heavy atom. The minimum atomic E-state index is 0.382. The average Bonchev–Trinajstić information content (AvgIpc) is 2.84. The number of aromatic nitrogens is 3. The van der Waals surface area contributed by atoms with Crippen molar-refractivity contribution in [2.24, 2.45) is 0 Å². The van der Waals surface area contributed by atoms with E-state index in [0.29, 0.717) is 12.5 Å². The molecule has 0 unspecified atom stereocenters. The van der Waals surface area contributed by atoms with Crippen LogP contribution < -0.4 is 4.74 Å². The van der Waals surface area contributed by atoms with E-state index >= 15 is 0 Å². The molecular formula is C12H13BrClN3O. The molecule has 2 heterocycles. The van der Waals surface area contributed by atoms with Crippen molar-refractivity contribution in [1.82, 2.24) is 14.8 Å². The molecule has 96 valence electrons. The van der Waals surface area contributed by atoms with E-state index in [1.165, 1.54) is 0 Å². The molecule has 0 fully saturated rings. The third kappa shape index (κ3) is 3.03. The van der Waals surface area contributed by atoms with Gasteiger partial charge in [-0.2, -0.15) is 5.10 Å². The van der Waals surface area contributed by atoms with Crippen LogP contribution in [0.2, 0.25) is 0 Å². The minimum absolute atomic E-state index is 0.382. The third-order valence-electron chi connectivity index (χ3n) is 2.30. The van der Waals surface area contributed by atoms with Gasteiger partial charge in [0.15, 0.2) is 11.6 Å². The Morgan fingerprint density at radius 3 is 3.00 bits per heavy atom. The second kappa shape index (κ2) is 6.20. The molecule has 18 heavy (non-hydrogen) atoms. The maximum Gasteiger partial charge on any atom is 0.157 e. The van der Waals surface area contributed by atoms with E-state index in [1.54, 1.807) is 17.1 Å². The fraction of sp³-hybridized carbons (Fsp3) is 0.333. The van der Waals surface area contributed by atoms with Crippen molar-refractivity contribution in [1.29, 1.82) is 0 Å². The highest BCUT2D eigenvalue weighted by molar-refractivity contribution is 9.10. The predicted molar refractivity (Wildman–Crippen MR) is 74.4 cm³/mol. The van der Waals surface area contributed by atoms with E-state index in [0.717, 1.165) is 28.0 Å². The van der Waals surface area contributed by atoms with Gasteiger partial charge in [0.2, 0.25) is 0 Å². The second-order valence-electron chi connectivity index (χ2n) is 3.74. The number of pyridine rings is 1. The zero-order chi connectivity index (χ0) is 13.0. The summed E-state index contributed by atoms with van der Waals surface area (Å²) in [4.78, 5) is 4.33. The van der Waals surface area contributed by atoms with Crippen molar-refractivity contribution in [3.8, 4) is 11.6 Å². The number of hydrogen-bond donors (Lipinski definition) is 0. The summed E-state index contributed by atoms with van der Waals surface area (Å²) in [5, 5.41) is 4.23. The Morgan fingerprint density at radius 1 is 1.44 bits per heavy atom. The van der Waals surface area contributed by atoms with E-state index in [9.17, 15) is 0 Å². The molecule has 2 aromatic heterocycles. The average molecular weight is 331 g/mol. The van der Waals surface area contributed by atoms with E-state index < -0.39 is 0 Å². The summed E-state index contributed by atoms with van der Waals surface area (Å²) in [5.41, 5.74) is 0.913. The summed E-state index contributed by atoms with van der Waals surface area (Å²) in [6, 6.07) is 1.93. The van der Waals surface area contributed by atoms with Gasteiger partial charge in [0.25, 0.3) is 0 Å². The first-order chi connectivity index (χ1) is 8.74. The highest BCUT2D eigenvalue weighted by Gasteiger charge is 2.08. The van der Waals surface area contributed by atoms with Crippen LogP contribution in [0.25, 0.3) is 5.82 Å². The summed E-state index contributed by atoms with van der Waals surface area (Å²) >= 11 is 9.28. The Hall–Kier alpha value is -1.07. The van der Waals surface area contributed by atoms with Gasteiger partial charge in [-0.3, -0.25) is 0 Å². The van der Waals surface area contributed by atoms with Gasteiger partial charge in [0, 0.05) is 16.2 Å². The topological polar surface area (TPSA) is 39.9 Å². The molecule has 0 aliphatic carbocycles. The smallest absolute Gasteiger partial charge is 0.157 e. The summed E-state index contributed by atoms with van der Waals surface area (Å²) in [6.45, 7) is 2.74. The Kier molecular flexibility index (Phi) is 4.60. The van der Waals surface area contributed by atoms with Crippen molar-refractivity contribution >= 4 is 27.5 Å². The molecule has 0 saturated heterocycles. The maximum atomic E-state index is 5.91. The number of hydrogen-bond acceptors (Lipinski definition) is 3. The molecule has 0 saturated carbocycles. The van der Waals surface area contributed by atoms with Crippen molar-refractivity contribution in [3.63, 3.8) is 0 Å². The number of nitrogens with zero attached hydrogens (tertiary/aromatic N) is 3. The molecule has 0 aliphatic heterocycles. The lowest BCUT2D eigenvalue weighted by atomic mass is 10.3. The Labute approximate surface area is 119 Å². The highest BCUT2D eigenvalue weighted by atomic mass is 79.9. The van der Waals surface area contributed by atoms with Gasteiger partial charge in [-0.15, -0.1) is 11.6 Å². The van der Waals surface area contributed by atoms with E-state index in [1.807, 2.05) is 12.3 Å². The van der Waals surface area contributed by atoms with E-state index in [-0.39, 0.29) is 0 Å². The molecule has 0 N–H and O–H groups in total. The standard InChI is InChI=1S/C12H13BrClN3O/c1-2-3-18-11-7-16-17(8-11)12-9(5-14)4-10(13)6-15-12/h4,6-8H,2-3,5H2,1H3. The monoisotopic (exact) mass is 329 g/mol. The van der Waals surface area contributed by atoms with Gasteiger partial charge < -0.3 is 4.74 Å². The maximum absolute atomic E-state index is 5.91. The van der Waals surface area contributed by atoms with Crippen LogP contribution in [-0.4, -0.2) is 21.4 Å². The van der Waals surface area contributed by atoms with Crippen LogP contribution in [0.15, 0.2) is 29.1 Å². The van der Waals surface area contributed by atoms with E-state index in [4.69, 9.17) is 16.3 Å². The summed E-state index contributed by atoms with van der Waals surface area (Å²) in [7, 11) is 0. The summed E-state index contributed by atoms with van der Waals surface area (Å²) in [5.74, 6) is 1.84. The quantitative estimate of drug-likeness (QED) is 0.787. The van der Waals surface area contributed by atoms with Gasteiger partial charge >= 0.3 is 0 Å². The lowest BCUT2D eigenvalue weighted by molar-refractivity contribution is 0.317. The number of rotatable bonds is 5. The molecule has 2 aromatic rings. The van der Waals surface area contributed by atoms with Crippen molar-refractivity contribution in [3.05, 3.63) is 34.7 Å². The molecule has 0 amide bonds. The predicted octanol–water partition coefficient (Wildman–Crippen LogP) is 3.56. The first-order valence-electron chi connectivity index (χ1n) is 5.62. The van der Waals surface area contributed by atoms with Crippen LogP contribution in [0.3, 0.4) is 0 Å². The molecule has 0 aliphatic rings. The van der Waals surface area contributed by atoms with Crippen LogP contribution in [0.4, 0.5) is 0 Å². The van der Waals surface area contributed by atoms with Crippen molar-refractivity contribution in [2.75, 3.05) is 6.61 Å². The summed E-state index contributed by atoms with van der Waals surface area (Å²) < 4.78 is 8.08. The fourth-order valence-electron chi connectivity index (χ4n) is 1.50. The van der Waals surface area contributed by atoms with Crippen LogP contribution in [-0.2, 0) is 5.88 Å². The van der Waals surface area contributed by atoms with Crippen LogP contribution >= 0.6 is 27.5 Å². The molecule has 0 aromatic carbocycles. The van der Waals surface area contributed by atoms with Crippen LogP contribution in [0.5, 0.6) is 5.75 Å². The number of ether oxygens (including phenoxy) is 1. The Balaban J connectivity index is 2.28. The molecule has 2 rings (SSSR count). The largest absolute Gasteiger partial charge is 0.490 e. The number of alkyl halides is 1. The molecule has 4 nitrogen and oxygen atoms in total. The van der Waals surface area contributed by atoms with Gasteiger partial charge in [0.1, 0.15) is 0 Å². The van der Waals surface area contributed by atoms with E-state index in [2.05, 4.69) is 32.9 Å².